The lowest BCUT2D eigenvalue weighted by molar-refractivity contribution is 0.181. The molecule has 2 N–H and O–H groups in total. The molecule has 2 fully saturated rings. The lowest BCUT2D eigenvalue weighted by Gasteiger charge is -2.14. The molecule has 0 unspecified atom stereocenters. The van der Waals surface area contributed by atoms with Crippen molar-refractivity contribution < 1.29 is 4.74 Å². The summed E-state index contributed by atoms with van der Waals surface area (Å²) >= 11 is 0. The number of aromatic nitrogens is 4. The molecule has 2 saturated carbocycles. The number of nitrogens with zero attached hydrogens (tertiary/aromatic N) is 4. The van der Waals surface area contributed by atoms with Crippen LogP contribution < -0.4 is 10.6 Å². The number of methoxy groups -OCH3 is 1. The molecule has 0 amide bonds. The summed E-state index contributed by atoms with van der Waals surface area (Å²) in [7, 11) is 1.71. The zero-order chi connectivity index (χ0) is 20.3. The Kier molecular flexibility index (Phi) is 5.53. The summed E-state index contributed by atoms with van der Waals surface area (Å²) in [5.41, 5.74) is 3.83. The molecule has 0 saturated heterocycles. The van der Waals surface area contributed by atoms with Gasteiger partial charge in [0, 0.05) is 25.4 Å². The predicted molar refractivity (Wildman–Crippen MR) is 119 cm³/mol. The molecule has 3 heterocycles. The van der Waals surface area contributed by atoms with E-state index in [1.165, 1.54) is 51.4 Å². The second kappa shape index (κ2) is 8.60. The van der Waals surface area contributed by atoms with E-state index in [2.05, 4.69) is 33.8 Å². The number of hydrogen-bond donors (Lipinski definition) is 2. The molecule has 7 nitrogen and oxygen atoms in total. The van der Waals surface area contributed by atoms with E-state index in [0.29, 0.717) is 24.6 Å². The molecule has 0 aromatic carbocycles. The van der Waals surface area contributed by atoms with E-state index in [-0.39, 0.29) is 0 Å². The van der Waals surface area contributed by atoms with Gasteiger partial charge in [-0.1, -0.05) is 31.7 Å². The van der Waals surface area contributed by atoms with Gasteiger partial charge >= 0.3 is 0 Å². The molecule has 30 heavy (non-hydrogen) atoms. The maximum atomic E-state index is 5.48. The molecule has 2 aliphatic carbocycles. The van der Waals surface area contributed by atoms with Crippen LogP contribution >= 0.6 is 0 Å². The van der Waals surface area contributed by atoms with Gasteiger partial charge in [0.25, 0.3) is 0 Å². The van der Waals surface area contributed by atoms with Gasteiger partial charge in [0.1, 0.15) is 5.82 Å². The third-order valence-electron chi connectivity index (χ3n) is 6.32. The Hall–Kier alpha value is -2.67. The maximum Gasteiger partial charge on any atom is 0.223 e. The number of rotatable bonds is 7. The van der Waals surface area contributed by atoms with Crippen molar-refractivity contribution in [2.24, 2.45) is 0 Å². The number of pyridine rings is 1. The smallest absolute Gasteiger partial charge is 0.223 e. The Labute approximate surface area is 177 Å². The van der Waals surface area contributed by atoms with Crippen LogP contribution in [0.3, 0.4) is 0 Å². The molecular weight excluding hydrogens is 376 g/mol. The summed E-state index contributed by atoms with van der Waals surface area (Å²) in [5, 5.41) is 12.1. The van der Waals surface area contributed by atoms with E-state index >= 15 is 0 Å². The Morgan fingerprint density at radius 3 is 2.47 bits per heavy atom. The molecule has 0 radical (unpaired) electrons. The minimum absolute atomic E-state index is 0.440. The Bertz CT molecular complexity index is 1000. The van der Waals surface area contributed by atoms with Gasteiger partial charge in [0.2, 0.25) is 5.95 Å². The van der Waals surface area contributed by atoms with E-state index in [9.17, 15) is 0 Å². The van der Waals surface area contributed by atoms with Crippen molar-refractivity contribution >= 4 is 17.3 Å². The van der Waals surface area contributed by atoms with Gasteiger partial charge in [-0.3, -0.25) is 0 Å². The summed E-state index contributed by atoms with van der Waals surface area (Å²) in [6.45, 7) is 0.440. The third-order valence-corrected chi connectivity index (χ3v) is 6.32. The molecule has 3 aromatic heterocycles. The van der Waals surface area contributed by atoms with Crippen LogP contribution in [-0.2, 0) is 11.3 Å². The zero-order valence-corrected chi connectivity index (χ0v) is 17.6. The van der Waals surface area contributed by atoms with E-state index in [1.807, 2.05) is 16.8 Å². The Morgan fingerprint density at radius 1 is 1.00 bits per heavy atom. The predicted octanol–water partition coefficient (Wildman–Crippen LogP) is 4.65. The number of anilines is 2. The van der Waals surface area contributed by atoms with Gasteiger partial charge in [-0.2, -0.15) is 5.10 Å². The highest BCUT2D eigenvalue weighted by molar-refractivity contribution is 5.82. The van der Waals surface area contributed by atoms with Crippen molar-refractivity contribution in [2.75, 3.05) is 17.7 Å². The van der Waals surface area contributed by atoms with E-state index in [0.717, 1.165) is 28.3 Å². The van der Waals surface area contributed by atoms with Crippen LogP contribution in [0.15, 0.2) is 30.5 Å². The van der Waals surface area contributed by atoms with Crippen molar-refractivity contribution in [3.63, 3.8) is 0 Å². The first-order chi connectivity index (χ1) is 14.8. The monoisotopic (exact) mass is 406 g/mol. The minimum Gasteiger partial charge on any atom is -0.378 e. The second-order valence-corrected chi connectivity index (χ2v) is 8.48. The summed E-state index contributed by atoms with van der Waals surface area (Å²) in [6.07, 6.45) is 11.8. The highest BCUT2D eigenvalue weighted by Crippen LogP contribution is 2.31. The van der Waals surface area contributed by atoms with Crippen molar-refractivity contribution in [3.05, 3.63) is 36.2 Å². The molecule has 2 aliphatic rings. The normalized spacial score (nSPS) is 17.8. The number of nitrogens with one attached hydrogen (secondary N) is 2. The summed E-state index contributed by atoms with van der Waals surface area (Å²) in [6, 6.07) is 9.26. The second-order valence-electron chi connectivity index (χ2n) is 8.48. The van der Waals surface area contributed by atoms with E-state index < -0.39 is 0 Å². The molecule has 0 bridgehead atoms. The standard InChI is InChI=1S/C23H30N6O/c1-30-15-19-22(18-13-14-24-23(27-18)26-17-9-4-5-10-17)20-11-6-12-21(29(20)28-19)25-16-7-2-3-8-16/h6,11-14,16-17,25H,2-5,7-10,15H2,1H3,(H,24,26,27). The molecule has 158 valence electrons. The van der Waals surface area contributed by atoms with Gasteiger partial charge < -0.3 is 15.4 Å². The first-order valence-corrected chi connectivity index (χ1v) is 11.2. The lowest BCUT2D eigenvalue weighted by Crippen LogP contribution is -2.17. The average molecular weight is 407 g/mol. The molecule has 0 spiro atoms. The van der Waals surface area contributed by atoms with Gasteiger partial charge in [-0.15, -0.1) is 0 Å². The van der Waals surface area contributed by atoms with Crippen LogP contribution in [-0.4, -0.2) is 38.8 Å². The van der Waals surface area contributed by atoms with Crippen molar-refractivity contribution in [2.45, 2.75) is 70.1 Å². The van der Waals surface area contributed by atoms with Crippen molar-refractivity contribution in [1.29, 1.82) is 0 Å². The molecule has 7 heteroatoms. The minimum atomic E-state index is 0.440. The highest BCUT2D eigenvalue weighted by Gasteiger charge is 2.21. The Morgan fingerprint density at radius 2 is 1.73 bits per heavy atom. The van der Waals surface area contributed by atoms with Crippen molar-refractivity contribution in [3.8, 4) is 11.3 Å². The quantitative estimate of drug-likeness (QED) is 0.595. The number of fused-ring (bicyclic) bond motifs is 1. The molecule has 0 aliphatic heterocycles. The fourth-order valence-corrected chi connectivity index (χ4v) is 4.84. The molecule has 5 rings (SSSR count). The van der Waals surface area contributed by atoms with Crippen LogP contribution in [0.2, 0.25) is 0 Å². The van der Waals surface area contributed by atoms with E-state index in [1.54, 1.807) is 7.11 Å². The highest BCUT2D eigenvalue weighted by atomic mass is 16.5. The van der Waals surface area contributed by atoms with Gasteiger partial charge in [-0.05, 0) is 43.9 Å². The summed E-state index contributed by atoms with van der Waals surface area (Å²) < 4.78 is 7.48. The third kappa shape index (κ3) is 3.86. The van der Waals surface area contributed by atoms with Crippen LogP contribution in [0.5, 0.6) is 0 Å². The molecule has 0 atom stereocenters. The fraction of sp³-hybridized carbons (Fsp3) is 0.522. The van der Waals surface area contributed by atoms with Crippen LogP contribution in [0.4, 0.5) is 11.8 Å². The zero-order valence-electron chi connectivity index (χ0n) is 17.6. The average Bonchev–Trinajstić information content (AvgIpc) is 3.50. The first-order valence-electron chi connectivity index (χ1n) is 11.2. The summed E-state index contributed by atoms with van der Waals surface area (Å²) in [5.74, 6) is 1.73. The Balaban J connectivity index is 1.53. The molecular formula is C23H30N6O. The van der Waals surface area contributed by atoms with Gasteiger partial charge in [0.05, 0.1) is 29.1 Å². The lowest BCUT2D eigenvalue weighted by atomic mass is 10.1. The van der Waals surface area contributed by atoms with Crippen molar-refractivity contribution in [1.82, 2.24) is 19.6 Å². The molecule has 3 aromatic rings. The topological polar surface area (TPSA) is 76.4 Å². The maximum absolute atomic E-state index is 5.48. The fourth-order valence-electron chi connectivity index (χ4n) is 4.84. The van der Waals surface area contributed by atoms with Crippen LogP contribution in [0, 0.1) is 0 Å². The largest absolute Gasteiger partial charge is 0.378 e. The number of ether oxygens (including phenoxy) is 1. The number of hydrogen-bond acceptors (Lipinski definition) is 6. The first kappa shape index (κ1) is 19.3. The summed E-state index contributed by atoms with van der Waals surface area (Å²) in [4.78, 5) is 9.31. The van der Waals surface area contributed by atoms with E-state index in [4.69, 9.17) is 14.8 Å². The van der Waals surface area contributed by atoms with Gasteiger partial charge in [0.15, 0.2) is 0 Å². The SMILES string of the molecule is COCc1nn2c(NC3CCCC3)cccc2c1-c1ccnc(NC2CCCC2)n1. The van der Waals surface area contributed by atoms with Crippen LogP contribution in [0.25, 0.3) is 16.8 Å². The van der Waals surface area contributed by atoms with Gasteiger partial charge in [-0.25, -0.2) is 14.5 Å². The van der Waals surface area contributed by atoms with Crippen LogP contribution in [0.1, 0.15) is 57.1 Å².